The number of ketones is 1. The molecule has 4 nitrogen and oxygen atoms in total. The van der Waals surface area contributed by atoms with Crippen molar-refractivity contribution in [2.75, 3.05) is 13.7 Å². The Morgan fingerprint density at radius 2 is 1.70 bits per heavy atom. The normalized spacial score (nSPS) is 44.1. The molecule has 5 rings (SSSR count). The summed E-state index contributed by atoms with van der Waals surface area (Å²) in [5, 5.41) is 21.3. The number of carbonyl (C=O) groups is 1. The highest BCUT2D eigenvalue weighted by molar-refractivity contribution is 5.96. The SMILES string of the molecule is CCC(C)(CC/C=C/C[C@]12CCC(C)(C)C[C@@]1(C)[C@H]1C(=O)C=C3[C@@]4(C)C=C(C#N)C(O)C(C)(C)C4CC[C@@]3(C)[C@]1(C)CC2)COC. The summed E-state index contributed by atoms with van der Waals surface area (Å²) in [6.45, 7) is 24.2. The molecule has 0 spiro atoms. The van der Waals surface area contributed by atoms with Gasteiger partial charge in [0.15, 0.2) is 5.78 Å². The topological polar surface area (TPSA) is 70.3 Å². The number of nitriles is 1. The van der Waals surface area contributed by atoms with Gasteiger partial charge in [-0.05, 0) is 121 Å². The van der Waals surface area contributed by atoms with Crippen LogP contribution in [0.2, 0.25) is 0 Å². The fraction of sp³-hybridized carbons (Fsp3) is 0.810. The van der Waals surface area contributed by atoms with Gasteiger partial charge in [-0.1, -0.05) is 93.0 Å². The Labute approximate surface area is 281 Å². The summed E-state index contributed by atoms with van der Waals surface area (Å²) < 4.78 is 5.54. The molecule has 256 valence electrons. The summed E-state index contributed by atoms with van der Waals surface area (Å²) in [7, 11) is 1.81. The number of nitrogens with zero attached hydrogens (tertiary/aromatic N) is 1. The summed E-state index contributed by atoms with van der Waals surface area (Å²) in [5.74, 6) is 0.469. The van der Waals surface area contributed by atoms with Crippen LogP contribution in [0, 0.1) is 66.5 Å². The van der Waals surface area contributed by atoms with E-state index in [9.17, 15) is 15.2 Å². The lowest BCUT2D eigenvalue weighted by atomic mass is 9.30. The van der Waals surface area contributed by atoms with Gasteiger partial charge in [0, 0.05) is 18.4 Å². The summed E-state index contributed by atoms with van der Waals surface area (Å²) in [4.78, 5) is 15.0. The van der Waals surface area contributed by atoms with Crippen molar-refractivity contribution in [1.29, 1.82) is 5.26 Å². The van der Waals surface area contributed by atoms with E-state index in [-0.39, 0.29) is 44.3 Å². The highest BCUT2D eigenvalue weighted by Crippen LogP contribution is 2.78. The van der Waals surface area contributed by atoms with E-state index in [1.54, 1.807) is 0 Å². The fourth-order valence-electron chi connectivity index (χ4n) is 12.7. The minimum atomic E-state index is -0.773. The molecule has 46 heavy (non-hydrogen) atoms. The van der Waals surface area contributed by atoms with Crippen molar-refractivity contribution >= 4 is 5.78 Å². The van der Waals surface area contributed by atoms with E-state index >= 15 is 0 Å². The predicted octanol–water partition coefficient (Wildman–Crippen LogP) is 10.2. The van der Waals surface area contributed by atoms with E-state index in [0.717, 1.165) is 64.4 Å². The molecule has 3 fully saturated rings. The van der Waals surface area contributed by atoms with Gasteiger partial charge in [-0.15, -0.1) is 0 Å². The van der Waals surface area contributed by atoms with Crippen LogP contribution in [0.1, 0.15) is 140 Å². The van der Waals surface area contributed by atoms with Gasteiger partial charge in [-0.2, -0.15) is 5.26 Å². The Morgan fingerprint density at radius 3 is 2.33 bits per heavy atom. The van der Waals surface area contributed by atoms with Crippen LogP contribution in [-0.2, 0) is 9.53 Å². The summed E-state index contributed by atoms with van der Waals surface area (Å²) in [6, 6.07) is 2.34. The largest absolute Gasteiger partial charge is 0.387 e. The first-order valence-corrected chi connectivity index (χ1v) is 18.5. The number of hydrogen-bond acceptors (Lipinski definition) is 4. The zero-order valence-electron chi connectivity index (χ0n) is 31.2. The Balaban J connectivity index is 1.55. The zero-order chi connectivity index (χ0) is 34.2. The van der Waals surface area contributed by atoms with Crippen molar-refractivity contribution in [3.8, 4) is 6.07 Å². The number of methoxy groups -OCH3 is 1. The second-order valence-corrected chi connectivity index (χ2v) is 19.3. The van der Waals surface area contributed by atoms with Crippen LogP contribution in [-0.4, -0.2) is 30.7 Å². The first-order valence-electron chi connectivity index (χ1n) is 18.5. The van der Waals surface area contributed by atoms with Gasteiger partial charge in [0.1, 0.15) is 0 Å². The van der Waals surface area contributed by atoms with Gasteiger partial charge >= 0.3 is 0 Å². The van der Waals surface area contributed by atoms with Gasteiger partial charge in [0.2, 0.25) is 0 Å². The molecule has 0 saturated heterocycles. The molecular formula is C42H65NO3. The van der Waals surface area contributed by atoms with E-state index in [1.807, 2.05) is 7.11 Å². The average molecular weight is 632 g/mol. The molecule has 0 aromatic carbocycles. The molecular weight excluding hydrogens is 566 g/mol. The molecule has 5 aliphatic rings. The Hall–Kier alpha value is -1.70. The van der Waals surface area contributed by atoms with Crippen LogP contribution in [0.15, 0.2) is 35.5 Å². The quantitative estimate of drug-likeness (QED) is 0.271. The number of aliphatic hydroxyl groups is 1. The van der Waals surface area contributed by atoms with Crippen LogP contribution in [0.25, 0.3) is 0 Å². The first kappa shape index (κ1) is 35.6. The van der Waals surface area contributed by atoms with E-state index in [1.165, 1.54) is 18.4 Å². The Kier molecular flexibility index (Phi) is 8.85. The van der Waals surface area contributed by atoms with Gasteiger partial charge in [-0.3, -0.25) is 4.79 Å². The molecule has 0 aliphatic heterocycles. The average Bonchev–Trinajstić information content (AvgIpc) is 2.96. The third-order valence-electron chi connectivity index (χ3n) is 15.8. The lowest BCUT2D eigenvalue weighted by Crippen LogP contribution is -2.68. The van der Waals surface area contributed by atoms with Crippen LogP contribution in [0.5, 0.6) is 0 Å². The second kappa shape index (κ2) is 11.4. The molecule has 4 heteroatoms. The standard InChI is InChI=1S/C42H65NO3/c1-12-37(6,28-46-11)17-14-13-15-18-42-22-20-35(2,3)27-41(42,10)33-30(44)24-32-38(7)25-29(26-43)34(45)36(4,5)31(38)16-19-39(32,8)40(33,9)21-23-42/h13,15,24-25,31,33-34,45H,12,14,16-23,27-28H2,1-11H3/b15-13+/t31?,33-,34?,37?,38-,39+,40+,41-,42+/m0/s1. The highest BCUT2D eigenvalue weighted by Gasteiger charge is 2.72. The molecule has 1 N–H and O–H groups in total. The second-order valence-electron chi connectivity index (χ2n) is 19.3. The van der Waals surface area contributed by atoms with Crippen molar-refractivity contribution in [1.82, 2.24) is 0 Å². The van der Waals surface area contributed by atoms with Gasteiger partial charge in [0.25, 0.3) is 0 Å². The maximum atomic E-state index is 15.0. The maximum Gasteiger partial charge on any atom is 0.159 e. The number of fused-ring (bicyclic) bond motifs is 7. The molecule has 9 atom stereocenters. The number of rotatable bonds is 8. The lowest BCUT2D eigenvalue weighted by Gasteiger charge is -2.73. The Morgan fingerprint density at radius 1 is 1.02 bits per heavy atom. The number of aliphatic hydroxyl groups excluding tert-OH is 1. The fourth-order valence-corrected chi connectivity index (χ4v) is 12.7. The predicted molar refractivity (Wildman–Crippen MR) is 188 cm³/mol. The molecule has 0 aromatic heterocycles. The van der Waals surface area contributed by atoms with E-state index in [0.29, 0.717) is 11.4 Å². The molecule has 0 heterocycles. The van der Waals surface area contributed by atoms with Crippen LogP contribution >= 0.6 is 0 Å². The number of ether oxygens (including phenoxy) is 1. The van der Waals surface area contributed by atoms with Crippen LogP contribution in [0.4, 0.5) is 0 Å². The number of carbonyl (C=O) groups excluding carboxylic acids is 1. The van der Waals surface area contributed by atoms with Crippen molar-refractivity contribution < 1.29 is 14.6 Å². The lowest BCUT2D eigenvalue weighted by molar-refractivity contribution is -0.207. The van der Waals surface area contributed by atoms with Crippen molar-refractivity contribution in [2.24, 2.45) is 55.2 Å². The smallest absolute Gasteiger partial charge is 0.159 e. The number of allylic oxidation sites excluding steroid dienone is 5. The molecule has 3 saturated carbocycles. The summed E-state index contributed by atoms with van der Waals surface area (Å²) in [6.07, 6.45) is 20.4. The number of hydrogen-bond donors (Lipinski definition) is 1. The minimum Gasteiger partial charge on any atom is -0.387 e. The molecule has 0 aromatic rings. The maximum absolute atomic E-state index is 15.0. The van der Waals surface area contributed by atoms with E-state index in [4.69, 9.17) is 4.74 Å². The van der Waals surface area contributed by atoms with Crippen molar-refractivity contribution in [3.05, 3.63) is 35.5 Å². The minimum absolute atomic E-state index is 0.0256. The van der Waals surface area contributed by atoms with E-state index < -0.39 is 16.9 Å². The molecule has 0 radical (unpaired) electrons. The first-order chi connectivity index (χ1) is 21.2. The van der Waals surface area contributed by atoms with Crippen molar-refractivity contribution in [3.63, 3.8) is 0 Å². The molecule has 3 unspecified atom stereocenters. The zero-order valence-corrected chi connectivity index (χ0v) is 31.2. The highest BCUT2D eigenvalue weighted by atomic mass is 16.5. The molecule has 0 bridgehead atoms. The molecule has 0 amide bonds. The van der Waals surface area contributed by atoms with Crippen LogP contribution in [0.3, 0.4) is 0 Å². The van der Waals surface area contributed by atoms with Crippen LogP contribution < -0.4 is 0 Å². The van der Waals surface area contributed by atoms with Gasteiger partial charge in [0.05, 0.1) is 24.4 Å². The van der Waals surface area contributed by atoms with E-state index in [2.05, 4.69) is 99.6 Å². The summed E-state index contributed by atoms with van der Waals surface area (Å²) >= 11 is 0. The monoisotopic (exact) mass is 631 g/mol. The Bertz CT molecular complexity index is 1360. The molecule has 5 aliphatic carbocycles. The third-order valence-corrected chi connectivity index (χ3v) is 15.8. The van der Waals surface area contributed by atoms with Gasteiger partial charge < -0.3 is 9.84 Å². The van der Waals surface area contributed by atoms with Gasteiger partial charge in [-0.25, -0.2) is 0 Å². The van der Waals surface area contributed by atoms with Crippen molar-refractivity contribution in [2.45, 2.75) is 146 Å². The summed E-state index contributed by atoms with van der Waals surface area (Å²) in [5.41, 5.74) is 0.944. The third kappa shape index (κ3) is 4.99.